The van der Waals surface area contributed by atoms with Crippen LogP contribution in [0.1, 0.15) is 22.3 Å². The highest BCUT2D eigenvalue weighted by Crippen LogP contribution is 2.63. The van der Waals surface area contributed by atoms with Gasteiger partial charge in [0.25, 0.3) is 0 Å². The summed E-state index contributed by atoms with van der Waals surface area (Å²) in [5.74, 6) is 0. The molecule has 1 heterocycles. The van der Waals surface area contributed by atoms with Gasteiger partial charge in [-0.05, 0) is 155 Å². The predicted octanol–water partition coefficient (Wildman–Crippen LogP) is 17.7. The summed E-state index contributed by atoms with van der Waals surface area (Å²) in [6.45, 7) is 0. The van der Waals surface area contributed by atoms with Crippen LogP contribution in [0.25, 0.3) is 93.2 Å². The third-order valence-corrected chi connectivity index (χ3v) is 15.3. The Hall–Kier alpha value is -8.98. The SMILES string of the molecule is c1ccc(-n2c3ccccc3c3cc(-c4cccc(N(c5ccc6c(c5)C5(c7ccccc7-c7ccccc75)c5ccccc5-6)c5ccc6c7ccccc7c7ccccc7c6c5)c4)ccc32)cc1. The van der Waals surface area contributed by atoms with Crippen LogP contribution in [0.2, 0.25) is 0 Å². The lowest BCUT2D eigenvalue weighted by Crippen LogP contribution is -2.26. The van der Waals surface area contributed by atoms with E-state index in [1.165, 1.54) is 104 Å². The molecule has 1 spiro atoms. The van der Waals surface area contributed by atoms with Gasteiger partial charge in [-0.3, -0.25) is 0 Å². The molecular weight excluding hydrogens is 833 g/mol. The first-order chi connectivity index (χ1) is 34.2. The van der Waals surface area contributed by atoms with Gasteiger partial charge in [-0.1, -0.05) is 188 Å². The minimum absolute atomic E-state index is 0.463. The second-order valence-electron chi connectivity index (χ2n) is 18.7. The summed E-state index contributed by atoms with van der Waals surface area (Å²) >= 11 is 0. The number of aromatic nitrogens is 1. The first kappa shape index (κ1) is 38.2. The summed E-state index contributed by atoms with van der Waals surface area (Å²) in [7, 11) is 0. The molecule has 1 aromatic heterocycles. The van der Waals surface area contributed by atoms with Crippen molar-refractivity contribution in [3.05, 3.63) is 277 Å². The van der Waals surface area contributed by atoms with Gasteiger partial charge in [0, 0.05) is 33.5 Å². The van der Waals surface area contributed by atoms with Crippen molar-refractivity contribution in [2.45, 2.75) is 5.41 Å². The molecule has 0 unspecified atom stereocenters. The Morgan fingerprint density at radius 1 is 0.261 bits per heavy atom. The van der Waals surface area contributed by atoms with E-state index < -0.39 is 5.41 Å². The Kier molecular flexibility index (Phi) is 8.02. The van der Waals surface area contributed by atoms with Crippen molar-refractivity contribution in [2.24, 2.45) is 0 Å². The smallest absolute Gasteiger partial charge is 0.0726 e. The van der Waals surface area contributed by atoms with E-state index >= 15 is 0 Å². The van der Waals surface area contributed by atoms with Crippen molar-refractivity contribution in [3.63, 3.8) is 0 Å². The Bertz CT molecular complexity index is 4170. The normalized spacial score (nSPS) is 13.0. The van der Waals surface area contributed by atoms with E-state index in [-0.39, 0.29) is 0 Å². The van der Waals surface area contributed by atoms with Gasteiger partial charge in [-0.2, -0.15) is 0 Å². The lowest BCUT2D eigenvalue weighted by molar-refractivity contribution is 0.793. The Morgan fingerprint density at radius 3 is 1.41 bits per heavy atom. The lowest BCUT2D eigenvalue weighted by atomic mass is 9.70. The molecule has 2 nitrogen and oxygen atoms in total. The van der Waals surface area contributed by atoms with E-state index in [9.17, 15) is 0 Å². The number of hydrogen-bond donors (Lipinski definition) is 0. The average molecular weight is 875 g/mol. The minimum Gasteiger partial charge on any atom is -0.310 e. The molecule has 2 aliphatic rings. The fraction of sp³-hybridized carbons (Fsp3) is 0.0149. The second kappa shape index (κ2) is 14.5. The van der Waals surface area contributed by atoms with Crippen LogP contribution in [-0.4, -0.2) is 4.57 Å². The Labute approximate surface area is 400 Å². The van der Waals surface area contributed by atoms with Gasteiger partial charge in [0.05, 0.1) is 16.4 Å². The first-order valence-electron chi connectivity index (χ1n) is 24.0. The van der Waals surface area contributed by atoms with E-state index in [2.05, 4.69) is 264 Å². The van der Waals surface area contributed by atoms with Crippen molar-refractivity contribution in [1.29, 1.82) is 0 Å². The van der Waals surface area contributed by atoms with E-state index in [1.54, 1.807) is 0 Å². The molecule has 0 saturated heterocycles. The van der Waals surface area contributed by atoms with Gasteiger partial charge in [-0.15, -0.1) is 0 Å². The van der Waals surface area contributed by atoms with Gasteiger partial charge in [0.2, 0.25) is 0 Å². The number of benzene rings is 12. The molecule has 15 rings (SSSR count). The molecular formula is C67H42N2. The number of rotatable bonds is 5. The van der Waals surface area contributed by atoms with Crippen molar-refractivity contribution < 1.29 is 0 Å². The summed E-state index contributed by atoms with van der Waals surface area (Å²) in [6.07, 6.45) is 0. The Balaban J connectivity index is 0.974. The molecule has 0 amide bonds. The van der Waals surface area contributed by atoms with Crippen LogP contribution >= 0.6 is 0 Å². The van der Waals surface area contributed by atoms with Gasteiger partial charge in [0.15, 0.2) is 0 Å². The summed E-state index contributed by atoms with van der Waals surface area (Å²) in [4.78, 5) is 2.50. The topological polar surface area (TPSA) is 8.17 Å². The summed E-state index contributed by atoms with van der Waals surface area (Å²) in [6, 6.07) is 95.0. The third-order valence-electron chi connectivity index (χ3n) is 15.3. The molecule has 0 radical (unpaired) electrons. The highest BCUT2D eigenvalue weighted by Gasteiger charge is 2.51. The van der Waals surface area contributed by atoms with Gasteiger partial charge < -0.3 is 9.47 Å². The monoisotopic (exact) mass is 874 g/mol. The third kappa shape index (κ3) is 5.31. The first-order valence-corrected chi connectivity index (χ1v) is 24.0. The van der Waals surface area contributed by atoms with E-state index in [0.717, 1.165) is 28.3 Å². The lowest BCUT2D eigenvalue weighted by Gasteiger charge is -2.32. The summed E-state index contributed by atoms with van der Waals surface area (Å²) < 4.78 is 2.39. The maximum Gasteiger partial charge on any atom is 0.0726 e. The van der Waals surface area contributed by atoms with Crippen molar-refractivity contribution in [2.75, 3.05) is 4.90 Å². The highest BCUT2D eigenvalue weighted by molar-refractivity contribution is 6.26. The molecule has 0 N–H and O–H groups in total. The largest absolute Gasteiger partial charge is 0.310 e. The summed E-state index contributed by atoms with van der Waals surface area (Å²) in [5, 5.41) is 10.1. The zero-order chi connectivity index (χ0) is 45.2. The van der Waals surface area contributed by atoms with Crippen LogP contribution in [0.4, 0.5) is 17.1 Å². The van der Waals surface area contributed by atoms with Crippen molar-refractivity contribution in [3.8, 4) is 39.1 Å². The van der Waals surface area contributed by atoms with Crippen LogP contribution in [0.15, 0.2) is 255 Å². The fourth-order valence-electron chi connectivity index (χ4n) is 12.5. The maximum absolute atomic E-state index is 2.51. The molecule has 320 valence electrons. The van der Waals surface area contributed by atoms with Crippen LogP contribution in [0.5, 0.6) is 0 Å². The minimum atomic E-state index is -0.463. The average Bonchev–Trinajstić information content (AvgIpc) is 4.03. The molecule has 0 atom stereocenters. The van der Waals surface area contributed by atoms with E-state index in [0.29, 0.717) is 0 Å². The van der Waals surface area contributed by atoms with Crippen LogP contribution < -0.4 is 4.90 Å². The van der Waals surface area contributed by atoms with Crippen molar-refractivity contribution in [1.82, 2.24) is 4.57 Å². The predicted molar refractivity (Wildman–Crippen MR) is 290 cm³/mol. The number of anilines is 3. The number of fused-ring (bicyclic) bond motifs is 19. The number of para-hydroxylation sites is 2. The molecule has 13 aromatic rings. The molecule has 12 aromatic carbocycles. The fourth-order valence-corrected chi connectivity index (χ4v) is 12.5. The zero-order valence-electron chi connectivity index (χ0n) is 37.6. The quantitative estimate of drug-likeness (QED) is 0.156. The Morgan fingerprint density at radius 2 is 0.739 bits per heavy atom. The molecule has 0 bridgehead atoms. The van der Waals surface area contributed by atoms with Gasteiger partial charge >= 0.3 is 0 Å². The molecule has 0 fully saturated rings. The number of hydrogen-bond acceptors (Lipinski definition) is 1. The van der Waals surface area contributed by atoms with Crippen LogP contribution in [-0.2, 0) is 5.41 Å². The summed E-state index contributed by atoms with van der Waals surface area (Å²) in [5.41, 5.74) is 19.3. The van der Waals surface area contributed by atoms with Crippen molar-refractivity contribution >= 4 is 71.2 Å². The van der Waals surface area contributed by atoms with Crippen LogP contribution in [0.3, 0.4) is 0 Å². The molecule has 2 heteroatoms. The number of nitrogens with zero attached hydrogens (tertiary/aromatic N) is 2. The molecule has 0 saturated carbocycles. The standard InChI is InChI=1S/C67H42N2/c1-2-18-45(19-3-1)69-65-32-15-11-28-58(65)60-40-44(33-38-66(60)69)43-17-16-20-46(39-43)68(47-34-36-53-51-23-5-4-21-49(51)50-22-6-7-24-52(50)59(53)41-47)48-35-37-57-56-27-10-14-31-63(56)67(64(57)42-48)61-29-12-8-25-54(61)55-26-9-13-30-62(55)67/h1-42H. The van der Waals surface area contributed by atoms with Gasteiger partial charge in [-0.25, -0.2) is 0 Å². The van der Waals surface area contributed by atoms with Gasteiger partial charge in [0.1, 0.15) is 0 Å². The highest BCUT2D eigenvalue weighted by atomic mass is 15.1. The zero-order valence-corrected chi connectivity index (χ0v) is 37.6. The molecule has 2 aliphatic carbocycles. The second-order valence-corrected chi connectivity index (χ2v) is 18.7. The van der Waals surface area contributed by atoms with Crippen LogP contribution in [0, 0.1) is 0 Å². The van der Waals surface area contributed by atoms with E-state index in [4.69, 9.17) is 0 Å². The molecule has 0 aliphatic heterocycles. The molecule has 69 heavy (non-hydrogen) atoms. The maximum atomic E-state index is 2.51. The van der Waals surface area contributed by atoms with E-state index in [1.807, 2.05) is 0 Å².